The standard InChI is InChI=1S/C26H27NO4/c1-3-4-18-30-22-16-14-21(15-17-22)26(29)31-19(2)25(28)27-24-13-9-8-12-23(24)20-10-6-5-7-11-20/h5-17,19H,3-4,18H2,1-2H3,(H,27,28)/t19-/m1/s1. The molecule has 1 N–H and O–H groups in total. The molecular weight excluding hydrogens is 390 g/mol. The largest absolute Gasteiger partial charge is 0.494 e. The van der Waals surface area contributed by atoms with Gasteiger partial charge in [-0.25, -0.2) is 4.79 Å². The van der Waals surface area contributed by atoms with Gasteiger partial charge in [-0.1, -0.05) is 61.9 Å². The van der Waals surface area contributed by atoms with Crippen molar-refractivity contribution < 1.29 is 19.1 Å². The second-order valence-corrected chi connectivity index (χ2v) is 7.17. The zero-order valence-corrected chi connectivity index (χ0v) is 17.8. The zero-order chi connectivity index (χ0) is 22.1. The summed E-state index contributed by atoms with van der Waals surface area (Å²) in [6.45, 7) is 4.29. The fourth-order valence-electron chi connectivity index (χ4n) is 3.00. The lowest BCUT2D eigenvalue weighted by molar-refractivity contribution is -0.123. The van der Waals surface area contributed by atoms with Gasteiger partial charge >= 0.3 is 5.97 Å². The van der Waals surface area contributed by atoms with E-state index in [1.54, 1.807) is 31.2 Å². The molecule has 0 aromatic heterocycles. The molecule has 0 aliphatic rings. The van der Waals surface area contributed by atoms with Crippen LogP contribution in [0, 0.1) is 0 Å². The van der Waals surface area contributed by atoms with Crippen LogP contribution in [-0.4, -0.2) is 24.6 Å². The van der Waals surface area contributed by atoms with Crippen molar-refractivity contribution >= 4 is 17.6 Å². The Bertz CT molecular complexity index is 999. The van der Waals surface area contributed by atoms with Gasteiger partial charge in [-0.15, -0.1) is 0 Å². The SMILES string of the molecule is CCCCOc1ccc(C(=O)O[C@H](C)C(=O)Nc2ccccc2-c2ccccc2)cc1. The lowest BCUT2D eigenvalue weighted by Gasteiger charge is -2.16. The van der Waals surface area contributed by atoms with E-state index in [2.05, 4.69) is 12.2 Å². The molecule has 0 fully saturated rings. The van der Waals surface area contributed by atoms with Crippen molar-refractivity contribution in [2.24, 2.45) is 0 Å². The zero-order valence-electron chi connectivity index (χ0n) is 17.8. The second kappa shape index (κ2) is 11.0. The third kappa shape index (κ3) is 6.19. The molecule has 3 rings (SSSR count). The van der Waals surface area contributed by atoms with Crippen molar-refractivity contribution in [3.63, 3.8) is 0 Å². The van der Waals surface area contributed by atoms with Crippen LogP contribution in [0.1, 0.15) is 37.0 Å². The summed E-state index contributed by atoms with van der Waals surface area (Å²) in [5.74, 6) is -0.247. The number of hydrogen-bond donors (Lipinski definition) is 1. The molecule has 160 valence electrons. The van der Waals surface area contributed by atoms with Crippen LogP contribution < -0.4 is 10.1 Å². The van der Waals surface area contributed by atoms with Gasteiger partial charge in [-0.2, -0.15) is 0 Å². The van der Waals surface area contributed by atoms with Crippen molar-refractivity contribution in [2.45, 2.75) is 32.8 Å². The maximum absolute atomic E-state index is 12.7. The highest BCUT2D eigenvalue weighted by Gasteiger charge is 2.20. The molecule has 5 heteroatoms. The second-order valence-electron chi connectivity index (χ2n) is 7.17. The van der Waals surface area contributed by atoms with Gasteiger partial charge < -0.3 is 14.8 Å². The van der Waals surface area contributed by atoms with Crippen LogP contribution in [0.5, 0.6) is 5.75 Å². The first kappa shape index (κ1) is 22.1. The number of hydrogen-bond acceptors (Lipinski definition) is 4. The molecule has 0 saturated carbocycles. The van der Waals surface area contributed by atoms with Crippen LogP contribution >= 0.6 is 0 Å². The molecule has 1 atom stereocenters. The number of carbonyl (C=O) groups excluding carboxylic acids is 2. The van der Waals surface area contributed by atoms with Crippen LogP contribution in [0.25, 0.3) is 11.1 Å². The Labute approximate surface area is 183 Å². The Balaban J connectivity index is 1.61. The molecule has 31 heavy (non-hydrogen) atoms. The van der Waals surface area contributed by atoms with E-state index in [1.165, 1.54) is 0 Å². The molecular formula is C26H27NO4. The number of ether oxygens (including phenoxy) is 2. The molecule has 0 heterocycles. The van der Waals surface area contributed by atoms with E-state index in [0.717, 1.165) is 24.0 Å². The molecule has 0 radical (unpaired) electrons. The lowest BCUT2D eigenvalue weighted by atomic mass is 10.0. The average molecular weight is 418 g/mol. The number of rotatable bonds is 9. The highest BCUT2D eigenvalue weighted by atomic mass is 16.5. The molecule has 0 bridgehead atoms. The normalized spacial score (nSPS) is 11.4. The van der Waals surface area contributed by atoms with E-state index < -0.39 is 18.0 Å². The third-order valence-electron chi connectivity index (χ3n) is 4.78. The number of anilines is 1. The molecule has 5 nitrogen and oxygen atoms in total. The predicted octanol–water partition coefficient (Wildman–Crippen LogP) is 5.72. The van der Waals surface area contributed by atoms with Gasteiger partial charge in [-0.3, -0.25) is 4.79 Å². The van der Waals surface area contributed by atoms with Crippen LogP contribution in [0.4, 0.5) is 5.69 Å². The van der Waals surface area contributed by atoms with E-state index in [1.807, 2.05) is 54.6 Å². The molecule has 0 aliphatic heterocycles. The molecule has 0 saturated heterocycles. The van der Waals surface area contributed by atoms with Gasteiger partial charge in [-0.05, 0) is 49.2 Å². The van der Waals surface area contributed by atoms with Gasteiger partial charge in [0.1, 0.15) is 5.75 Å². The number of para-hydroxylation sites is 1. The van der Waals surface area contributed by atoms with Gasteiger partial charge in [0.2, 0.25) is 0 Å². The summed E-state index contributed by atoms with van der Waals surface area (Å²) in [6.07, 6.45) is 1.08. The topological polar surface area (TPSA) is 64.6 Å². The lowest BCUT2D eigenvalue weighted by Crippen LogP contribution is -2.30. The number of esters is 1. The first-order chi connectivity index (χ1) is 15.1. The maximum Gasteiger partial charge on any atom is 0.338 e. The Morgan fingerprint density at radius 2 is 1.58 bits per heavy atom. The number of benzene rings is 3. The summed E-state index contributed by atoms with van der Waals surface area (Å²) >= 11 is 0. The van der Waals surface area contributed by atoms with Gasteiger partial charge in [0.25, 0.3) is 5.91 Å². The summed E-state index contributed by atoms with van der Waals surface area (Å²) in [5.41, 5.74) is 2.92. The monoisotopic (exact) mass is 417 g/mol. The smallest absolute Gasteiger partial charge is 0.338 e. The van der Waals surface area contributed by atoms with E-state index in [0.29, 0.717) is 23.6 Å². The minimum absolute atomic E-state index is 0.368. The Morgan fingerprint density at radius 3 is 2.29 bits per heavy atom. The van der Waals surface area contributed by atoms with Crippen LogP contribution in [0.2, 0.25) is 0 Å². The Hall–Kier alpha value is -3.60. The van der Waals surface area contributed by atoms with E-state index in [-0.39, 0.29) is 0 Å². The number of amides is 1. The maximum atomic E-state index is 12.7. The number of carbonyl (C=O) groups is 2. The van der Waals surface area contributed by atoms with Crippen LogP contribution in [-0.2, 0) is 9.53 Å². The van der Waals surface area contributed by atoms with E-state index in [9.17, 15) is 9.59 Å². The number of unbranched alkanes of at least 4 members (excludes halogenated alkanes) is 1. The Morgan fingerprint density at radius 1 is 0.903 bits per heavy atom. The summed E-state index contributed by atoms with van der Waals surface area (Å²) < 4.78 is 11.0. The van der Waals surface area contributed by atoms with Crippen molar-refractivity contribution in [1.82, 2.24) is 0 Å². The molecule has 3 aromatic carbocycles. The van der Waals surface area contributed by atoms with E-state index in [4.69, 9.17) is 9.47 Å². The quantitative estimate of drug-likeness (QED) is 0.357. The third-order valence-corrected chi connectivity index (χ3v) is 4.78. The Kier molecular flexibility index (Phi) is 7.82. The summed E-state index contributed by atoms with van der Waals surface area (Å²) in [7, 11) is 0. The molecule has 0 spiro atoms. The average Bonchev–Trinajstić information content (AvgIpc) is 2.80. The molecule has 0 aliphatic carbocycles. The van der Waals surface area contributed by atoms with Crippen molar-refractivity contribution in [1.29, 1.82) is 0 Å². The molecule has 0 unspecified atom stereocenters. The first-order valence-electron chi connectivity index (χ1n) is 10.5. The number of nitrogens with one attached hydrogen (secondary N) is 1. The van der Waals surface area contributed by atoms with Crippen LogP contribution in [0.3, 0.4) is 0 Å². The minimum Gasteiger partial charge on any atom is -0.494 e. The fourth-order valence-corrected chi connectivity index (χ4v) is 3.00. The van der Waals surface area contributed by atoms with E-state index >= 15 is 0 Å². The predicted molar refractivity (Wildman–Crippen MR) is 122 cm³/mol. The van der Waals surface area contributed by atoms with Crippen molar-refractivity contribution in [2.75, 3.05) is 11.9 Å². The first-order valence-corrected chi connectivity index (χ1v) is 10.5. The van der Waals surface area contributed by atoms with Crippen molar-refractivity contribution in [3.8, 4) is 16.9 Å². The fraction of sp³-hybridized carbons (Fsp3) is 0.231. The van der Waals surface area contributed by atoms with Crippen molar-refractivity contribution in [3.05, 3.63) is 84.4 Å². The molecule has 3 aromatic rings. The summed E-state index contributed by atoms with van der Waals surface area (Å²) in [4.78, 5) is 25.1. The van der Waals surface area contributed by atoms with Gasteiger partial charge in [0.15, 0.2) is 6.10 Å². The highest BCUT2D eigenvalue weighted by molar-refractivity contribution is 5.99. The minimum atomic E-state index is -0.947. The van der Waals surface area contributed by atoms with Crippen LogP contribution in [0.15, 0.2) is 78.9 Å². The summed E-state index contributed by atoms with van der Waals surface area (Å²) in [5, 5.41) is 2.87. The van der Waals surface area contributed by atoms with Gasteiger partial charge in [0.05, 0.1) is 12.2 Å². The van der Waals surface area contributed by atoms with Gasteiger partial charge in [0, 0.05) is 11.3 Å². The summed E-state index contributed by atoms with van der Waals surface area (Å²) in [6, 6.07) is 24.0. The molecule has 1 amide bonds. The highest BCUT2D eigenvalue weighted by Crippen LogP contribution is 2.27.